The molecule has 2 aliphatic heterocycles. The van der Waals surface area contributed by atoms with E-state index < -0.39 is 11.6 Å². The number of carbonyl (C=O) groups is 1. The highest BCUT2D eigenvalue weighted by Crippen LogP contribution is 2.23. The molecule has 0 aliphatic carbocycles. The van der Waals surface area contributed by atoms with Crippen molar-refractivity contribution in [3.63, 3.8) is 0 Å². The van der Waals surface area contributed by atoms with Gasteiger partial charge in [0.2, 0.25) is 5.91 Å². The molecule has 0 saturated carbocycles. The van der Waals surface area contributed by atoms with E-state index in [4.69, 9.17) is 4.74 Å². The summed E-state index contributed by atoms with van der Waals surface area (Å²) in [6.45, 7) is 3.69. The van der Waals surface area contributed by atoms with E-state index in [9.17, 15) is 13.6 Å². The minimum atomic E-state index is -0.575. The zero-order chi connectivity index (χ0) is 15.5. The Morgan fingerprint density at radius 3 is 2.64 bits per heavy atom. The maximum Gasteiger partial charge on any atom is 0.223 e. The van der Waals surface area contributed by atoms with E-state index in [-0.39, 0.29) is 5.91 Å². The normalized spacial score (nSPS) is 22.2. The number of ether oxygens (including phenoxy) is 1. The molecule has 0 bridgehead atoms. The summed E-state index contributed by atoms with van der Waals surface area (Å²) in [4.78, 5) is 15.9. The Hall–Kier alpha value is -1.69. The van der Waals surface area contributed by atoms with Crippen molar-refractivity contribution in [1.82, 2.24) is 4.90 Å². The first-order valence-corrected chi connectivity index (χ1v) is 7.69. The van der Waals surface area contributed by atoms with E-state index in [1.54, 1.807) is 0 Å². The van der Waals surface area contributed by atoms with Gasteiger partial charge in [0.05, 0.1) is 5.69 Å². The molecule has 0 N–H and O–H groups in total. The molecule has 1 aromatic rings. The largest absolute Gasteiger partial charge is 0.381 e. The molecule has 3 rings (SSSR count). The Bertz CT molecular complexity index is 539. The van der Waals surface area contributed by atoms with Crippen molar-refractivity contribution < 1.29 is 18.3 Å². The Labute approximate surface area is 128 Å². The summed E-state index contributed by atoms with van der Waals surface area (Å²) in [6, 6.07) is 3.61. The first-order chi connectivity index (χ1) is 10.6. The number of benzene rings is 1. The van der Waals surface area contributed by atoms with Gasteiger partial charge in [-0.15, -0.1) is 0 Å². The second-order valence-corrected chi connectivity index (χ2v) is 5.90. The standard InChI is InChI=1S/C16H20F2N2O2/c17-13-1-2-15(14(18)10-13)19-4-6-20(7-5-19)16(21)9-12-3-8-22-11-12/h1-2,10,12H,3-9,11H2. The Kier molecular flexibility index (Phi) is 4.57. The molecule has 4 nitrogen and oxygen atoms in total. The van der Waals surface area contributed by atoms with Gasteiger partial charge in [-0.2, -0.15) is 0 Å². The molecule has 1 aromatic carbocycles. The first-order valence-electron chi connectivity index (χ1n) is 7.69. The third-order valence-electron chi connectivity index (χ3n) is 4.37. The van der Waals surface area contributed by atoms with Crippen LogP contribution >= 0.6 is 0 Å². The lowest BCUT2D eigenvalue weighted by molar-refractivity contribution is -0.132. The molecule has 1 amide bonds. The van der Waals surface area contributed by atoms with Gasteiger partial charge in [-0.25, -0.2) is 8.78 Å². The van der Waals surface area contributed by atoms with Crippen LogP contribution in [0.3, 0.4) is 0 Å². The number of hydrogen-bond acceptors (Lipinski definition) is 3. The predicted molar refractivity (Wildman–Crippen MR) is 78.7 cm³/mol. The maximum atomic E-state index is 13.8. The number of carbonyl (C=O) groups excluding carboxylic acids is 1. The van der Waals surface area contributed by atoms with Gasteiger partial charge in [-0.3, -0.25) is 4.79 Å². The molecule has 0 aromatic heterocycles. The Balaban J connectivity index is 1.54. The van der Waals surface area contributed by atoms with Gasteiger partial charge in [0.25, 0.3) is 0 Å². The van der Waals surface area contributed by atoms with Crippen LogP contribution in [0, 0.1) is 17.6 Å². The lowest BCUT2D eigenvalue weighted by Gasteiger charge is -2.36. The number of piperazine rings is 1. The SMILES string of the molecule is O=C(CC1CCOC1)N1CCN(c2ccc(F)cc2F)CC1. The highest BCUT2D eigenvalue weighted by atomic mass is 19.1. The van der Waals surface area contributed by atoms with E-state index in [2.05, 4.69) is 0 Å². The quantitative estimate of drug-likeness (QED) is 0.856. The molecule has 2 saturated heterocycles. The summed E-state index contributed by atoms with van der Waals surface area (Å²) >= 11 is 0. The maximum absolute atomic E-state index is 13.8. The van der Waals surface area contributed by atoms with Crippen LogP contribution in [0.5, 0.6) is 0 Å². The van der Waals surface area contributed by atoms with Gasteiger partial charge < -0.3 is 14.5 Å². The van der Waals surface area contributed by atoms with Gasteiger partial charge in [0.1, 0.15) is 11.6 Å². The van der Waals surface area contributed by atoms with Crippen LogP contribution in [0.2, 0.25) is 0 Å². The monoisotopic (exact) mass is 310 g/mol. The fraction of sp³-hybridized carbons (Fsp3) is 0.562. The molecule has 2 heterocycles. The molecule has 22 heavy (non-hydrogen) atoms. The highest BCUT2D eigenvalue weighted by molar-refractivity contribution is 5.76. The number of rotatable bonds is 3. The molecule has 120 valence electrons. The molecular weight excluding hydrogens is 290 g/mol. The van der Waals surface area contributed by atoms with E-state index in [0.29, 0.717) is 50.8 Å². The average Bonchev–Trinajstić information content (AvgIpc) is 3.00. The van der Waals surface area contributed by atoms with Crippen molar-refractivity contribution in [3.05, 3.63) is 29.8 Å². The lowest BCUT2D eigenvalue weighted by Crippen LogP contribution is -2.49. The van der Waals surface area contributed by atoms with Crippen molar-refractivity contribution in [2.45, 2.75) is 12.8 Å². The summed E-state index contributed by atoms with van der Waals surface area (Å²) in [6.07, 6.45) is 1.48. The molecule has 1 unspecified atom stereocenters. The van der Waals surface area contributed by atoms with Gasteiger partial charge in [-0.1, -0.05) is 0 Å². The predicted octanol–water partition coefficient (Wildman–Crippen LogP) is 2.04. The topological polar surface area (TPSA) is 32.8 Å². The summed E-state index contributed by atoms with van der Waals surface area (Å²) in [5, 5.41) is 0. The van der Waals surface area contributed by atoms with Crippen molar-refractivity contribution in [1.29, 1.82) is 0 Å². The smallest absolute Gasteiger partial charge is 0.223 e. The minimum Gasteiger partial charge on any atom is -0.381 e. The minimum absolute atomic E-state index is 0.148. The third kappa shape index (κ3) is 3.38. The molecule has 1 atom stereocenters. The number of amides is 1. The van der Waals surface area contributed by atoms with Gasteiger partial charge in [0, 0.05) is 51.9 Å². The van der Waals surface area contributed by atoms with Gasteiger partial charge >= 0.3 is 0 Å². The zero-order valence-electron chi connectivity index (χ0n) is 12.4. The number of halogens is 2. The van der Waals surface area contributed by atoms with E-state index in [0.717, 1.165) is 19.1 Å². The molecule has 6 heteroatoms. The first kappa shape index (κ1) is 15.2. The summed E-state index contributed by atoms with van der Waals surface area (Å²) in [7, 11) is 0. The van der Waals surface area contributed by atoms with Crippen molar-refractivity contribution in [3.8, 4) is 0 Å². The summed E-state index contributed by atoms with van der Waals surface area (Å²) < 4.78 is 32.0. The summed E-state index contributed by atoms with van der Waals surface area (Å²) in [5.74, 6) is -0.647. The Morgan fingerprint density at radius 1 is 1.23 bits per heavy atom. The van der Waals surface area contributed by atoms with Crippen LogP contribution in [0.1, 0.15) is 12.8 Å². The number of hydrogen-bond donors (Lipinski definition) is 0. The van der Waals surface area contributed by atoms with Crippen LogP contribution in [0.4, 0.5) is 14.5 Å². The van der Waals surface area contributed by atoms with Crippen molar-refractivity contribution in [2.24, 2.45) is 5.92 Å². The van der Waals surface area contributed by atoms with Gasteiger partial charge in [0.15, 0.2) is 0 Å². The second kappa shape index (κ2) is 6.60. The fourth-order valence-electron chi connectivity index (χ4n) is 3.05. The van der Waals surface area contributed by atoms with E-state index in [1.807, 2.05) is 9.80 Å². The fourth-order valence-corrected chi connectivity index (χ4v) is 3.05. The second-order valence-electron chi connectivity index (χ2n) is 5.90. The summed E-state index contributed by atoms with van der Waals surface area (Å²) in [5.41, 5.74) is 0.401. The third-order valence-corrected chi connectivity index (χ3v) is 4.37. The van der Waals surface area contributed by atoms with Crippen LogP contribution < -0.4 is 4.90 Å². The molecule has 0 spiro atoms. The molecule has 2 aliphatic rings. The molecular formula is C16H20F2N2O2. The molecule has 2 fully saturated rings. The van der Waals surface area contributed by atoms with Gasteiger partial charge in [-0.05, 0) is 24.5 Å². The lowest BCUT2D eigenvalue weighted by atomic mass is 10.0. The Morgan fingerprint density at radius 2 is 2.00 bits per heavy atom. The van der Waals surface area contributed by atoms with E-state index >= 15 is 0 Å². The van der Waals surface area contributed by atoms with Crippen LogP contribution in [0.25, 0.3) is 0 Å². The number of nitrogens with zero attached hydrogens (tertiary/aromatic N) is 2. The van der Waals surface area contributed by atoms with Crippen LogP contribution in [-0.4, -0.2) is 50.2 Å². The highest BCUT2D eigenvalue weighted by Gasteiger charge is 2.26. The van der Waals surface area contributed by atoms with Crippen molar-refractivity contribution in [2.75, 3.05) is 44.3 Å². The molecule has 0 radical (unpaired) electrons. The number of anilines is 1. The van der Waals surface area contributed by atoms with Crippen molar-refractivity contribution >= 4 is 11.6 Å². The van der Waals surface area contributed by atoms with Crippen LogP contribution in [0.15, 0.2) is 18.2 Å². The van der Waals surface area contributed by atoms with E-state index in [1.165, 1.54) is 12.1 Å². The zero-order valence-corrected chi connectivity index (χ0v) is 12.4. The average molecular weight is 310 g/mol. The van der Waals surface area contributed by atoms with Crippen LogP contribution in [-0.2, 0) is 9.53 Å².